The van der Waals surface area contributed by atoms with Crippen molar-refractivity contribution in [2.75, 3.05) is 0 Å². The molecule has 164 valence electrons. The number of aliphatic hydroxyl groups excluding tert-OH is 2. The molecule has 3 fully saturated rings. The van der Waals surface area contributed by atoms with Gasteiger partial charge in [0.25, 0.3) is 0 Å². The topological polar surface area (TPSA) is 40.5 Å². The predicted octanol–water partition coefficient (Wildman–Crippen LogP) is 6.59. The van der Waals surface area contributed by atoms with Crippen LogP contribution in [0.15, 0.2) is 35.5 Å². The summed E-state index contributed by atoms with van der Waals surface area (Å²) in [5.41, 5.74) is 3.88. The molecule has 3 aliphatic rings. The smallest absolute Gasteiger partial charge is 0.0811 e. The van der Waals surface area contributed by atoms with Gasteiger partial charge in [-0.05, 0) is 78.8 Å². The molecule has 0 bridgehead atoms. The van der Waals surface area contributed by atoms with Crippen molar-refractivity contribution in [2.45, 2.75) is 104 Å². The monoisotopic (exact) mass is 400 g/mol. The highest BCUT2D eigenvalue weighted by molar-refractivity contribution is 5.38. The fraction of sp³-hybridized carbons (Fsp3) is 0.778. The zero-order valence-corrected chi connectivity index (χ0v) is 19.3. The first-order valence-electron chi connectivity index (χ1n) is 12.2. The highest BCUT2D eigenvalue weighted by atomic mass is 16.3. The third kappa shape index (κ3) is 5.07. The van der Waals surface area contributed by atoms with Crippen molar-refractivity contribution in [3.8, 4) is 0 Å². The fourth-order valence-electron chi connectivity index (χ4n) is 6.73. The van der Waals surface area contributed by atoms with Crippen LogP contribution >= 0.6 is 0 Å². The number of hydrogen-bond donors (Lipinski definition) is 2. The molecule has 0 aromatic heterocycles. The molecule has 2 nitrogen and oxygen atoms in total. The van der Waals surface area contributed by atoms with E-state index in [4.69, 9.17) is 0 Å². The van der Waals surface area contributed by atoms with Crippen molar-refractivity contribution in [3.63, 3.8) is 0 Å². The predicted molar refractivity (Wildman–Crippen MR) is 123 cm³/mol. The summed E-state index contributed by atoms with van der Waals surface area (Å²) in [6, 6.07) is 0. The lowest BCUT2D eigenvalue weighted by molar-refractivity contribution is 0.0861. The Hall–Kier alpha value is -0.860. The second kappa shape index (κ2) is 9.52. The average Bonchev–Trinajstić information content (AvgIpc) is 3.00. The Balaban J connectivity index is 1.71. The number of fused-ring (bicyclic) bond motifs is 1. The first kappa shape index (κ1) is 22.8. The summed E-state index contributed by atoms with van der Waals surface area (Å²) in [5.74, 6) is 3.20. The molecule has 0 amide bonds. The molecule has 0 aliphatic heterocycles. The van der Waals surface area contributed by atoms with Crippen LogP contribution in [0.5, 0.6) is 0 Å². The van der Waals surface area contributed by atoms with Crippen LogP contribution in [-0.4, -0.2) is 22.4 Å². The maximum atomic E-state index is 10.1. The standard InChI is InChI=1S/C27H44O2/c1-18(2)8-6-9-19(3)24-13-14-25-21(10-7-15-27(24,25)5)11-12-22-16-23(28)17-26(29)20(22)4/h11-12,18-19,23-26,28-29H,4,6-10,13-17H2,1-3,5H3/b21-11+,22-12-/t19-,23+,24-,25+,26+,27-/m1/s1. The molecule has 0 heterocycles. The number of aliphatic hydroxyl groups is 2. The largest absolute Gasteiger partial charge is 0.393 e. The molecule has 6 atom stereocenters. The molecular weight excluding hydrogens is 356 g/mol. The van der Waals surface area contributed by atoms with Gasteiger partial charge in [-0.25, -0.2) is 0 Å². The van der Waals surface area contributed by atoms with E-state index in [9.17, 15) is 10.2 Å². The van der Waals surface area contributed by atoms with Gasteiger partial charge < -0.3 is 10.2 Å². The second-order valence-corrected chi connectivity index (χ2v) is 11.0. The van der Waals surface area contributed by atoms with Gasteiger partial charge in [0.2, 0.25) is 0 Å². The zero-order valence-electron chi connectivity index (χ0n) is 19.3. The molecule has 0 spiro atoms. The van der Waals surface area contributed by atoms with Crippen molar-refractivity contribution >= 4 is 0 Å². The normalized spacial score (nSPS) is 39.3. The van der Waals surface area contributed by atoms with E-state index in [2.05, 4.69) is 46.4 Å². The fourth-order valence-corrected chi connectivity index (χ4v) is 6.73. The Morgan fingerprint density at radius 1 is 1.14 bits per heavy atom. The molecule has 2 heteroatoms. The van der Waals surface area contributed by atoms with Crippen molar-refractivity contribution < 1.29 is 10.2 Å². The lowest BCUT2D eigenvalue weighted by Crippen LogP contribution is -2.36. The molecule has 29 heavy (non-hydrogen) atoms. The van der Waals surface area contributed by atoms with Crippen LogP contribution in [-0.2, 0) is 0 Å². The van der Waals surface area contributed by atoms with Crippen LogP contribution in [0.25, 0.3) is 0 Å². The summed E-state index contributed by atoms with van der Waals surface area (Å²) in [7, 11) is 0. The molecule has 3 saturated carbocycles. The van der Waals surface area contributed by atoms with E-state index in [0.29, 0.717) is 24.2 Å². The van der Waals surface area contributed by atoms with Gasteiger partial charge in [-0.3, -0.25) is 0 Å². The summed E-state index contributed by atoms with van der Waals surface area (Å²) < 4.78 is 0. The van der Waals surface area contributed by atoms with E-state index >= 15 is 0 Å². The van der Waals surface area contributed by atoms with Gasteiger partial charge in [-0.2, -0.15) is 0 Å². The summed E-state index contributed by atoms with van der Waals surface area (Å²) in [4.78, 5) is 0. The van der Waals surface area contributed by atoms with Gasteiger partial charge in [0.05, 0.1) is 12.2 Å². The van der Waals surface area contributed by atoms with Crippen LogP contribution in [0, 0.1) is 29.1 Å². The van der Waals surface area contributed by atoms with Crippen LogP contribution in [0.2, 0.25) is 0 Å². The Morgan fingerprint density at radius 2 is 1.90 bits per heavy atom. The number of allylic oxidation sites excluding steroid dienone is 3. The van der Waals surface area contributed by atoms with Crippen LogP contribution in [0.1, 0.15) is 91.9 Å². The van der Waals surface area contributed by atoms with Crippen molar-refractivity contribution in [1.29, 1.82) is 0 Å². The summed E-state index contributed by atoms with van der Waals surface area (Å²) in [5, 5.41) is 20.2. The minimum Gasteiger partial charge on any atom is -0.393 e. The molecule has 3 aliphatic carbocycles. The molecule has 0 aromatic rings. The quantitative estimate of drug-likeness (QED) is 0.528. The third-order valence-electron chi connectivity index (χ3n) is 8.43. The lowest BCUT2D eigenvalue weighted by atomic mass is 9.60. The average molecular weight is 401 g/mol. The van der Waals surface area contributed by atoms with Gasteiger partial charge in [0.1, 0.15) is 0 Å². The van der Waals surface area contributed by atoms with Crippen molar-refractivity contribution in [3.05, 3.63) is 35.5 Å². The first-order chi connectivity index (χ1) is 13.7. The molecule has 0 unspecified atom stereocenters. The summed E-state index contributed by atoms with van der Waals surface area (Å²) >= 11 is 0. The summed E-state index contributed by atoms with van der Waals surface area (Å²) in [6.07, 6.45) is 15.2. The minimum atomic E-state index is -0.595. The highest BCUT2D eigenvalue weighted by Gasteiger charge is 2.50. The van der Waals surface area contributed by atoms with E-state index in [0.717, 1.165) is 28.9 Å². The van der Waals surface area contributed by atoms with E-state index in [1.807, 2.05) is 0 Å². The Kier molecular flexibility index (Phi) is 7.49. The van der Waals surface area contributed by atoms with Gasteiger partial charge in [-0.15, -0.1) is 0 Å². The Labute approximate surface area is 179 Å². The summed E-state index contributed by atoms with van der Waals surface area (Å²) in [6.45, 7) is 13.8. The van der Waals surface area contributed by atoms with Crippen molar-refractivity contribution in [1.82, 2.24) is 0 Å². The second-order valence-electron chi connectivity index (χ2n) is 11.0. The lowest BCUT2D eigenvalue weighted by Gasteiger charge is -2.44. The van der Waals surface area contributed by atoms with Gasteiger partial charge >= 0.3 is 0 Å². The zero-order chi connectivity index (χ0) is 21.2. The molecule has 0 radical (unpaired) electrons. The first-order valence-corrected chi connectivity index (χ1v) is 12.2. The Morgan fingerprint density at radius 3 is 2.62 bits per heavy atom. The van der Waals surface area contributed by atoms with Gasteiger partial charge in [-0.1, -0.05) is 71.3 Å². The van der Waals surface area contributed by atoms with Crippen LogP contribution in [0.4, 0.5) is 0 Å². The maximum Gasteiger partial charge on any atom is 0.0811 e. The van der Waals surface area contributed by atoms with Crippen LogP contribution in [0.3, 0.4) is 0 Å². The molecule has 0 aromatic carbocycles. The van der Waals surface area contributed by atoms with Gasteiger partial charge in [0.15, 0.2) is 0 Å². The van der Waals surface area contributed by atoms with E-state index in [1.165, 1.54) is 51.4 Å². The highest BCUT2D eigenvalue weighted by Crippen LogP contribution is 2.59. The molecule has 0 saturated heterocycles. The minimum absolute atomic E-state index is 0.420. The third-order valence-corrected chi connectivity index (χ3v) is 8.43. The SMILES string of the molecule is C=C1/C(=C\C=C2/CCC[C@]3(C)[C@@H]([C@H](C)CCCC(C)C)CC[C@@H]23)C[C@H](O)C[C@@H]1O. The Bertz CT molecular complexity index is 643. The number of rotatable bonds is 6. The molecule has 2 N–H and O–H groups in total. The van der Waals surface area contributed by atoms with E-state index < -0.39 is 12.2 Å². The van der Waals surface area contributed by atoms with Crippen LogP contribution < -0.4 is 0 Å². The van der Waals surface area contributed by atoms with E-state index in [1.54, 1.807) is 5.57 Å². The van der Waals surface area contributed by atoms with Crippen molar-refractivity contribution in [2.24, 2.45) is 29.1 Å². The number of hydrogen-bond acceptors (Lipinski definition) is 2. The molecule has 3 rings (SSSR count). The molecular formula is C27H44O2. The maximum absolute atomic E-state index is 10.1. The van der Waals surface area contributed by atoms with E-state index in [-0.39, 0.29) is 0 Å². The van der Waals surface area contributed by atoms with Gasteiger partial charge in [0, 0.05) is 6.42 Å².